The Morgan fingerprint density at radius 3 is 2.33 bits per heavy atom. The second kappa shape index (κ2) is 7.88. The molecule has 0 bridgehead atoms. The lowest BCUT2D eigenvalue weighted by Crippen LogP contribution is -2.50. The molecule has 5 nitrogen and oxygen atoms in total. The van der Waals surface area contributed by atoms with Gasteiger partial charge in [-0.3, -0.25) is 0 Å². The maximum Gasteiger partial charge on any atom is 0.407 e. The molecule has 0 aliphatic rings. The van der Waals surface area contributed by atoms with Gasteiger partial charge in [-0.2, -0.15) is 0 Å². The molecule has 1 aromatic carbocycles. The van der Waals surface area contributed by atoms with Gasteiger partial charge in [-0.15, -0.1) is 0 Å². The highest BCUT2D eigenvalue weighted by molar-refractivity contribution is 6.30. The van der Waals surface area contributed by atoms with Crippen LogP contribution in [0.3, 0.4) is 0 Å². The van der Waals surface area contributed by atoms with Crippen LogP contribution in [0.5, 0.6) is 0 Å². The third-order valence-electron chi connectivity index (χ3n) is 3.74. The lowest BCUT2D eigenvalue weighted by atomic mass is 9.85. The molecule has 1 rings (SSSR count). The highest BCUT2D eigenvalue weighted by atomic mass is 35.5. The van der Waals surface area contributed by atoms with Gasteiger partial charge in [0, 0.05) is 10.4 Å². The minimum absolute atomic E-state index is 0.150. The van der Waals surface area contributed by atoms with Crippen molar-refractivity contribution in [1.29, 1.82) is 0 Å². The van der Waals surface area contributed by atoms with Crippen LogP contribution < -0.4 is 5.32 Å². The summed E-state index contributed by atoms with van der Waals surface area (Å²) >= 11 is 6.01. The Morgan fingerprint density at radius 1 is 1.21 bits per heavy atom. The summed E-state index contributed by atoms with van der Waals surface area (Å²) in [4.78, 5) is 23.9. The van der Waals surface area contributed by atoms with Crippen LogP contribution in [0.2, 0.25) is 5.02 Å². The molecule has 134 valence electrons. The van der Waals surface area contributed by atoms with Crippen molar-refractivity contribution in [2.45, 2.75) is 46.1 Å². The molecule has 1 aromatic rings. The van der Waals surface area contributed by atoms with Crippen LogP contribution >= 0.6 is 11.6 Å². The maximum atomic E-state index is 12.1. The van der Waals surface area contributed by atoms with E-state index in [0.29, 0.717) is 5.02 Å². The Hall–Kier alpha value is -1.75. The van der Waals surface area contributed by atoms with E-state index in [4.69, 9.17) is 21.1 Å². The van der Waals surface area contributed by atoms with Crippen molar-refractivity contribution in [3.63, 3.8) is 0 Å². The number of halogens is 1. The smallest absolute Gasteiger partial charge is 0.407 e. The molecule has 24 heavy (non-hydrogen) atoms. The van der Waals surface area contributed by atoms with E-state index in [0.717, 1.165) is 5.56 Å². The molecular weight excluding hydrogens is 330 g/mol. The van der Waals surface area contributed by atoms with Gasteiger partial charge in [0.2, 0.25) is 0 Å². The molecule has 0 radical (unpaired) electrons. The molecule has 0 aromatic heterocycles. The van der Waals surface area contributed by atoms with Gasteiger partial charge >= 0.3 is 12.1 Å². The Bertz CT molecular complexity index is 593. The van der Waals surface area contributed by atoms with Crippen LogP contribution in [0.15, 0.2) is 24.3 Å². The average Bonchev–Trinajstić information content (AvgIpc) is 2.49. The van der Waals surface area contributed by atoms with Crippen LogP contribution in [-0.4, -0.2) is 31.8 Å². The van der Waals surface area contributed by atoms with Crippen LogP contribution in [0.25, 0.3) is 0 Å². The fourth-order valence-corrected chi connectivity index (χ4v) is 2.34. The van der Waals surface area contributed by atoms with Gasteiger partial charge in [0.25, 0.3) is 0 Å². The average molecular weight is 356 g/mol. The largest absolute Gasteiger partial charge is 0.467 e. The van der Waals surface area contributed by atoms with E-state index in [1.54, 1.807) is 6.07 Å². The highest BCUT2D eigenvalue weighted by Gasteiger charge is 2.34. The zero-order valence-corrected chi connectivity index (χ0v) is 15.9. The second-order valence-corrected chi connectivity index (χ2v) is 7.87. The fourth-order valence-electron chi connectivity index (χ4n) is 2.15. The van der Waals surface area contributed by atoms with Gasteiger partial charge in [-0.05, 0) is 23.1 Å². The van der Waals surface area contributed by atoms with Gasteiger partial charge in [-0.25, -0.2) is 9.59 Å². The van der Waals surface area contributed by atoms with Crippen molar-refractivity contribution < 1.29 is 19.1 Å². The van der Waals surface area contributed by atoms with Gasteiger partial charge in [0.15, 0.2) is 0 Å². The molecule has 0 aliphatic heterocycles. The first-order valence-electron chi connectivity index (χ1n) is 7.74. The van der Waals surface area contributed by atoms with Crippen molar-refractivity contribution in [2.75, 3.05) is 13.7 Å². The number of esters is 1. The number of rotatable bonds is 5. The summed E-state index contributed by atoms with van der Waals surface area (Å²) in [6, 6.07) is 6.63. The zero-order chi connectivity index (χ0) is 18.5. The predicted molar refractivity (Wildman–Crippen MR) is 94.2 cm³/mol. The first-order valence-corrected chi connectivity index (χ1v) is 8.12. The maximum absolute atomic E-state index is 12.1. The molecule has 0 aliphatic carbocycles. The minimum atomic E-state index is -0.788. The fraction of sp³-hybridized carbons (Fsp3) is 0.556. The summed E-state index contributed by atoms with van der Waals surface area (Å²) in [5.74, 6) is -0.506. The normalized spacial score (nSPS) is 13.1. The Morgan fingerprint density at radius 2 is 1.83 bits per heavy atom. The summed E-state index contributed by atoms with van der Waals surface area (Å²) in [7, 11) is 1.29. The van der Waals surface area contributed by atoms with Crippen molar-refractivity contribution in [3.05, 3.63) is 34.9 Å². The first kappa shape index (κ1) is 20.3. The summed E-state index contributed by atoms with van der Waals surface area (Å²) in [6.45, 7) is 9.57. The number of alkyl carbamates (subject to hydrolysis) is 1. The third-order valence-corrected chi connectivity index (χ3v) is 3.97. The standard InChI is InChI=1S/C18H26ClNO4/c1-17(2,3)14(15(21)23-6)20-16(22)24-11-18(4,5)12-8-7-9-13(19)10-12/h7-10,14H,11H2,1-6H3,(H,20,22). The van der Waals surface area contributed by atoms with E-state index in [2.05, 4.69) is 5.32 Å². The van der Waals surface area contributed by atoms with Gasteiger partial charge in [-0.1, -0.05) is 58.4 Å². The summed E-state index contributed by atoms with van der Waals surface area (Å²) in [6.07, 6.45) is -0.657. The Kier molecular flexibility index (Phi) is 6.67. The molecule has 1 amide bonds. The molecule has 0 saturated carbocycles. The number of amides is 1. The topological polar surface area (TPSA) is 64.6 Å². The lowest BCUT2D eigenvalue weighted by molar-refractivity contribution is -0.145. The number of methoxy groups -OCH3 is 1. The van der Waals surface area contributed by atoms with E-state index >= 15 is 0 Å². The van der Waals surface area contributed by atoms with Crippen LogP contribution in [0.4, 0.5) is 4.79 Å². The van der Waals surface area contributed by atoms with E-state index in [1.165, 1.54) is 7.11 Å². The molecule has 0 heterocycles. The molecule has 1 unspecified atom stereocenters. The van der Waals surface area contributed by atoms with Gasteiger partial charge in [0.05, 0.1) is 7.11 Å². The lowest BCUT2D eigenvalue weighted by Gasteiger charge is -2.30. The number of carbonyl (C=O) groups is 2. The van der Waals surface area contributed by atoms with Crippen LogP contribution in [-0.2, 0) is 19.7 Å². The zero-order valence-electron chi connectivity index (χ0n) is 15.1. The molecule has 0 spiro atoms. The van der Waals surface area contributed by atoms with E-state index in [1.807, 2.05) is 52.8 Å². The molecule has 0 fully saturated rings. The third kappa shape index (κ3) is 5.71. The molecule has 1 N–H and O–H groups in total. The van der Waals surface area contributed by atoms with Crippen molar-refractivity contribution >= 4 is 23.7 Å². The first-order chi connectivity index (χ1) is 11.0. The number of nitrogens with one attached hydrogen (secondary N) is 1. The summed E-state index contributed by atoms with van der Waals surface area (Å²) < 4.78 is 10.1. The number of hydrogen-bond donors (Lipinski definition) is 1. The van der Waals surface area contributed by atoms with Crippen LogP contribution in [0.1, 0.15) is 40.2 Å². The summed E-state index contributed by atoms with van der Waals surface area (Å²) in [5, 5.41) is 3.21. The second-order valence-electron chi connectivity index (χ2n) is 7.44. The van der Waals surface area contributed by atoms with Gasteiger partial charge < -0.3 is 14.8 Å². The molecular formula is C18H26ClNO4. The SMILES string of the molecule is COC(=O)C(NC(=O)OCC(C)(C)c1cccc(Cl)c1)C(C)(C)C. The van der Waals surface area contributed by atoms with Crippen molar-refractivity contribution in [3.8, 4) is 0 Å². The minimum Gasteiger partial charge on any atom is -0.467 e. The molecule has 1 atom stereocenters. The van der Waals surface area contributed by atoms with E-state index in [-0.39, 0.29) is 6.61 Å². The summed E-state index contributed by atoms with van der Waals surface area (Å²) in [5.41, 5.74) is 0.0578. The Labute approximate surface area is 148 Å². The van der Waals surface area contributed by atoms with Crippen LogP contribution in [0, 0.1) is 5.41 Å². The number of benzene rings is 1. The molecule has 6 heteroatoms. The van der Waals surface area contributed by atoms with Gasteiger partial charge in [0.1, 0.15) is 12.6 Å². The molecule has 0 saturated heterocycles. The predicted octanol–water partition coefficient (Wildman–Crippen LogP) is 3.93. The number of ether oxygens (including phenoxy) is 2. The van der Waals surface area contributed by atoms with E-state index in [9.17, 15) is 9.59 Å². The van der Waals surface area contributed by atoms with Crippen molar-refractivity contribution in [2.24, 2.45) is 5.41 Å². The van der Waals surface area contributed by atoms with Crippen molar-refractivity contribution in [1.82, 2.24) is 5.32 Å². The Balaban J connectivity index is 2.72. The monoisotopic (exact) mass is 355 g/mol. The quantitative estimate of drug-likeness (QED) is 0.813. The highest BCUT2D eigenvalue weighted by Crippen LogP contribution is 2.26. The number of hydrogen-bond acceptors (Lipinski definition) is 4. The van der Waals surface area contributed by atoms with E-state index < -0.39 is 28.9 Å². The number of carbonyl (C=O) groups excluding carboxylic acids is 2.